The van der Waals surface area contributed by atoms with E-state index < -0.39 is 0 Å². The number of nitrogens with zero attached hydrogens (tertiary/aromatic N) is 3. The second kappa shape index (κ2) is 8.95. The first-order chi connectivity index (χ1) is 15.3. The molecule has 2 bridgehead atoms. The Kier molecular flexibility index (Phi) is 6.25. The van der Waals surface area contributed by atoms with Gasteiger partial charge in [-0.05, 0) is 37.1 Å². The molecule has 168 valence electrons. The quantitative estimate of drug-likeness (QED) is 0.650. The third-order valence-corrected chi connectivity index (χ3v) is 7.84. The van der Waals surface area contributed by atoms with Gasteiger partial charge < -0.3 is 19.9 Å². The molecule has 3 amide bonds. The van der Waals surface area contributed by atoms with E-state index in [1.807, 2.05) is 24.0 Å². The largest absolute Gasteiger partial charge is 0.496 e. The minimum absolute atomic E-state index is 0.000205. The highest BCUT2D eigenvalue weighted by atomic mass is 32.2. The van der Waals surface area contributed by atoms with Gasteiger partial charge in [-0.25, -0.2) is 4.98 Å². The van der Waals surface area contributed by atoms with Crippen molar-refractivity contribution in [2.75, 3.05) is 25.5 Å². The Labute approximate surface area is 194 Å². The number of amides is 3. The number of hydrogen-bond acceptors (Lipinski definition) is 7. The minimum atomic E-state index is -0.169. The van der Waals surface area contributed by atoms with Crippen LogP contribution in [0.15, 0.2) is 40.1 Å². The zero-order valence-corrected chi connectivity index (χ0v) is 19.7. The third kappa shape index (κ3) is 4.24. The van der Waals surface area contributed by atoms with Crippen molar-refractivity contribution in [1.82, 2.24) is 14.8 Å². The van der Waals surface area contributed by atoms with Crippen molar-refractivity contribution in [3.8, 4) is 5.75 Å². The smallest absolute Gasteiger partial charge is 0.258 e. The van der Waals surface area contributed by atoms with Crippen LogP contribution in [0.4, 0.5) is 5.13 Å². The second-order valence-electron chi connectivity index (χ2n) is 7.78. The number of rotatable bonds is 6. The van der Waals surface area contributed by atoms with Gasteiger partial charge in [-0.1, -0.05) is 29.7 Å². The summed E-state index contributed by atoms with van der Waals surface area (Å²) >= 11 is 2.87. The van der Waals surface area contributed by atoms with Crippen molar-refractivity contribution >= 4 is 46.0 Å². The van der Waals surface area contributed by atoms with Gasteiger partial charge in [0.15, 0.2) is 5.13 Å². The van der Waals surface area contributed by atoms with Crippen LogP contribution in [0.25, 0.3) is 0 Å². The SMILES string of the molecule is C=CC(=O)N1CC2CC1CN2C(=O)c1cc(Sc2cnc(NC(C)=O)s2)c(C)cc1OC. The van der Waals surface area contributed by atoms with E-state index >= 15 is 0 Å². The summed E-state index contributed by atoms with van der Waals surface area (Å²) in [7, 11) is 1.56. The average Bonchev–Trinajstić information content (AvgIpc) is 3.49. The molecule has 2 fully saturated rings. The highest BCUT2D eigenvalue weighted by Gasteiger charge is 2.47. The molecule has 1 aromatic carbocycles. The summed E-state index contributed by atoms with van der Waals surface area (Å²) in [4.78, 5) is 45.5. The Balaban J connectivity index is 1.56. The maximum Gasteiger partial charge on any atom is 0.258 e. The van der Waals surface area contributed by atoms with Crippen molar-refractivity contribution in [3.05, 3.63) is 42.1 Å². The fourth-order valence-corrected chi connectivity index (χ4v) is 6.18. The number of aryl methyl sites for hydroxylation is 1. The average molecular weight is 473 g/mol. The van der Waals surface area contributed by atoms with Crippen LogP contribution in [0.1, 0.15) is 29.3 Å². The molecular formula is C22H24N4O4S2. The number of benzene rings is 1. The van der Waals surface area contributed by atoms with Crippen LogP contribution < -0.4 is 10.1 Å². The normalized spacial score (nSPS) is 19.2. The van der Waals surface area contributed by atoms with Crippen LogP contribution in [0, 0.1) is 6.92 Å². The number of carbonyl (C=O) groups is 3. The molecule has 4 rings (SSSR count). The topological polar surface area (TPSA) is 91.8 Å². The molecule has 2 atom stereocenters. The van der Waals surface area contributed by atoms with E-state index in [-0.39, 0.29) is 29.8 Å². The van der Waals surface area contributed by atoms with Gasteiger partial charge in [0, 0.05) is 24.9 Å². The number of anilines is 1. The van der Waals surface area contributed by atoms with E-state index in [1.54, 1.807) is 18.2 Å². The number of methoxy groups -OCH3 is 1. The van der Waals surface area contributed by atoms with Crippen molar-refractivity contribution in [1.29, 1.82) is 0 Å². The monoisotopic (exact) mass is 472 g/mol. The van der Waals surface area contributed by atoms with Gasteiger partial charge in [-0.2, -0.15) is 0 Å². The lowest BCUT2D eigenvalue weighted by Gasteiger charge is -2.34. The summed E-state index contributed by atoms with van der Waals surface area (Å²) in [5, 5.41) is 3.22. The first kappa shape index (κ1) is 22.3. The van der Waals surface area contributed by atoms with E-state index in [4.69, 9.17) is 4.74 Å². The number of carbonyl (C=O) groups excluding carboxylic acids is 3. The van der Waals surface area contributed by atoms with E-state index in [9.17, 15) is 14.4 Å². The molecule has 1 N–H and O–H groups in total. The fraction of sp³-hybridized carbons (Fsp3) is 0.364. The molecule has 3 heterocycles. The van der Waals surface area contributed by atoms with Gasteiger partial charge in [0.1, 0.15) is 5.75 Å². The molecule has 2 aliphatic rings. The van der Waals surface area contributed by atoms with Crippen LogP contribution in [0.3, 0.4) is 0 Å². The predicted octanol–water partition coefficient (Wildman–Crippen LogP) is 3.18. The van der Waals surface area contributed by atoms with E-state index in [0.717, 1.165) is 21.1 Å². The molecule has 0 saturated carbocycles. The lowest BCUT2D eigenvalue weighted by Crippen LogP contribution is -2.50. The van der Waals surface area contributed by atoms with Crippen LogP contribution in [-0.4, -0.2) is 64.8 Å². The van der Waals surface area contributed by atoms with Crippen LogP contribution >= 0.6 is 23.1 Å². The predicted molar refractivity (Wildman–Crippen MR) is 123 cm³/mol. The molecular weight excluding hydrogens is 448 g/mol. The van der Waals surface area contributed by atoms with Crippen LogP contribution in [0.5, 0.6) is 5.75 Å². The number of aromatic nitrogens is 1. The number of likely N-dealkylation sites (tertiary alicyclic amines) is 2. The number of thiazole rings is 1. The summed E-state index contributed by atoms with van der Waals surface area (Å²) in [5.41, 5.74) is 1.48. The van der Waals surface area contributed by atoms with Gasteiger partial charge in [0.25, 0.3) is 5.91 Å². The van der Waals surface area contributed by atoms with E-state index in [2.05, 4.69) is 16.9 Å². The Bertz CT molecular complexity index is 1100. The summed E-state index contributed by atoms with van der Waals surface area (Å²) in [6, 6.07) is 3.76. The van der Waals surface area contributed by atoms with Gasteiger partial charge in [-0.15, -0.1) is 0 Å². The molecule has 1 aromatic heterocycles. The molecule has 0 spiro atoms. The number of fused-ring (bicyclic) bond motifs is 2. The zero-order valence-electron chi connectivity index (χ0n) is 18.1. The molecule has 0 radical (unpaired) electrons. The molecule has 2 aromatic rings. The van der Waals surface area contributed by atoms with Crippen LogP contribution in [0.2, 0.25) is 0 Å². The maximum absolute atomic E-state index is 13.5. The minimum Gasteiger partial charge on any atom is -0.496 e. The van der Waals surface area contributed by atoms with E-state index in [1.165, 1.54) is 36.1 Å². The standard InChI is InChI=1S/C22H24N4O4S2/c1-5-19(28)25-10-15-7-14(25)11-26(15)21(29)16-8-18(12(2)6-17(16)30-4)31-20-9-23-22(32-20)24-13(3)27/h5-6,8-9,14-15H,1,7,10-11H2,2-4H3,(H,23,24,27). The Hall–Kier alpha value is -2.85. The first-order valence-electron chi connectivity index (χ1n) is 10.1. The maximum atomic E-state index is 13.5. The summed E-state index contributed by atoms with van der Waals surface area (Å²) in [6.45, 7) is 8.01. The van der Waals surface area contributed by atoms with E-state index in [0.29, 0.717) is 29.5 Å². The second-order valence-corrected chi connectivity index (χ2v) is 10.2. The van der Waals surface area contributed by atoms with Crippen molar-refractivity contribution in [3.63, 3.8) is 0 Å². The lowest BCUT2D eigenvalue weighted by atomic mass is 10.1. The lowest BCUT2D eigenvalue weighted by molar-refractivity contribution is -0.128. The molecule has 10 heteroatoms. The third-order valence-electron chi connectivity index (χ3n) is 5.66. The molecule has 0 aliphatic carbocycles. The number of nitrogens with one attached hydrogen (secondary N) is 1. The molecule has 8 nitrogen and oxygen atoms in total. The fourth-order valence-electron chi connectivity index (χ4n) is 4.19. The summed E-state index contributed by atoms with van der Waals surface area (Å²) in [6.07, 6.45) is 3.82. The molecule has 32 heavy (non-hydrogen) atoms. The Morgan fingerprint density at radius 1 is 1.28 bits per heavy atom. The molecule has 2 saturated heterocycles. The first-order valence-corrected chi connectivity index (χ1v) is 11.8. The summed E-state index contributed by atoms with van der Waals surface area (Å²) < 4.78 is 6.43. The van der Waals surface area contributed by atoms with Gasteiger partial charge in [-0.3, -0.25) is 14.4 Å². The van der Waals surface area contributed by atoms with Gasteiger partial charge in [0.2, 0.25) is 11.8 Å². The Morgan fingerprint density at radius 2 is 2.00 bits per heavy atom. The number of ether oxygens (including phenoxy) is 1. The highest BCUT2D eigenvalue weighted by molar-refractivity contribution is 8.01. The van der Waals surface area contributed by atoms with Crippen LogP contribution in [-0.2, 0) is 9.59 Å². The van der Waals surface area contributed by atoms with Crippen molar-refractivity contribution in [2.24, 2.45) is 0 Å². The molecule has 2 unspecified atom stereocenters. The van der Waals surface area contributed by atoms with Gasteiger partial charge >= 0.3 is 0 Å². The number of piperazine rings is 1. The highest BCUT2D eigenvalue weighted by Crippen LogP contribution is 2.39. The Morgan fingerprint density at radius 3 is 2.62 bits per heavy atom. The van der Waals surface area contributed by atoms with Crippen molar-refractivity contribution < 1.29 is 19.1 Å². The summed E-state index contributed by atoms with van der Waals surface area (Å²) in [5.74, 6) is 0.184. The van der Waals surface area contributed by atoms with Crippen molar-refractivity contribution in [2.45, 2.75) is 41.5 Å². The number of hydrogen-bond donors (Lipinski definition) is 1. The molecule has 2 aliphatic heterocycles. The zero-order chi connectivity index (χ0) is 23.0. The van der Waals surface area contributed by atoms with Gasteiger partial charge in [0.05, 0.1) is 35.2 Å².